The number of aryl methyl sites for hydroxylation is 1. The maximum absolute atomic E-state index is 13.3. The van der Waals surface area contributed by atoms with Crippen molar-refractivity contribution in [2.75, 3.05) is 26.2 Å². The highest BCUT2D eigenvalue weighted by Gasteiger charge is 2.31. The fourth-order valence-corrected chi connectivity index (χ4v) is 5.10. The maximum atomic E-state index is 13.3. The van der Waals surface area contributed by atoms with Crippen LogP contribution < -0.4 is 0 Å². The molecular formula is C23H30N2O2S. The summed E-state index contributed by atoms with van der Waals surface area (Å²) >= 11 is 1.81. The molecule has 4 rings (SSSR count). The van der Waals surface area contributed by atoms with Crippen molar-refractivity contribution >= 4 is 17.2 Å². The van der Waals surface area contributed by atoms with Crippen LogP contribution in [0.1, 0.15) is 46.5 Å². The second-order valence-electron chi connectivity index (χ2n) is 8.07. The van der Waals surface area contributed by atoms with E-state index in [4.69, 9.17) is 4.74 Å². The van der Waals surface area contributed by atoms with Crippen molar-refractivity contribution in [3.63, 3.8) is 0 Å². The molecule has 5 heteroatoms. The zero-order chi connectivity index (χ0) is 19.3. The van der Waals surface area contributed by atoms with Crippen LogP contribution in [0.3, 0.4) is 0 Å². The number of hydrogen-bond donors (Lipinski definition) is 0. The first-order chi connectivity index (χ1) is 13.7. The number of hydrogen-bond acceptors (Lipinski definition) is 4. The fraction of sp³-hybridized carbons (Fsp3) is 0.522. The van der Waals surface area contributed by atoms with Gasteiger partial charge in [-0.15, -0.1) is 11.3 Å². The van der Waals surface area contributed by atoms with Gasteiger partial charge in [-0.1, -0.05) is 36.6 Å². The normalized spacial score (nSPS) is 21.1. The van der Waals surface area contributed by atoms with Gasteiger partial charge >= 0.3 is 0 Å². The number of rotatable bonds is 6. The summed E-state index contributed by atoms with van der Waals surface area (Å²) < 4.78 is 6.09. The molecule has 1 aromatic carbocycles. The zero-order valence-electron chi connectivity index (χ0n) is 16.7. The molecule has 0 radical (unpaired) electrons. The van der Waals surface area contributed by atoms with Crippen LogP contribution in [-0.2, 0) is 11.3 Å². The van der Waals surface area contributed by atoms with E-state index in [-0.39, 0.29) is 12.0 Å². The van der Waals surface area contributed by atoms with Crippen LogP contribution in [0.15, 0.2) is 41.8 Å². The van der Waals surface area contributed by atoms with Gasteiger partial charge in [-0.3, -0.25) is 9.69 Å². The molecule has 0 bridgehead atoms. The fourth-order valence-electron chi connectivity index (χ4n) is 4.35. The van der Waals surface area contributed by atoms with Crippen LogP contribution in [0.4, 0.5) is 0 Å². The van der Waals surface area contributed by atoms with Crippen molar-refractivity contribution in [1.29, 1.82) is 0 Å². The number of morpholine rings is 1. The molecule has 0 spiro atoms. The molecule has 1 aliphatic carbocycles. The highest BCUT2D eigenvalue weighted by atomic mass is 32.1. The summed E-state index contributed by atoms with van der Waals surface area (Å²) in [4.78, 5) is 19.3. The smallest absolute Gasteiger partial charge is 0.254 e. The first kappa shape index (κ1) is 19.6. The van der Waals surface area contributed by atoms with Crippen molar-refractivity contribution in [2.24, 2.45) is 0 Å². The van der Waals surface area contributed by atoms with Crippen LogP contribution in [0.2, 0.25) is 0 Å². The number of benzene rings is 1. The molecule has 2 aliphatic rings. The van der Waals surface area contributed by atoms with Gasteiger partial charge in [-0.05, 0) is 43.3 Å². The van der Waals surface area contributed by atoms with Crippen molar-refractivity contribution in [2.45, 2.75) is 51.3 Å². The van der Waals surface area contributed by atoms with Crippen molar-refractivity contribution in [3.8, 4) is 0 Å². The van der Waals surface area contributed by atoms with Crippen LogP contribution in [0.5, 0.6) is 0 Å². The third-order valence-corrected chi connectivity index (χ3v) is 6.77. The quantitative estimate of drug-likeness (QED) is 0.726. The molecular weight excluding hydrogens is 368 g/mol. The predicted molar refractivity (Wildman–Crippen MR) is 114 cm³/mol. The van der Waals surface area contributed by atoms with Gasteiger partial charge < -0.3 is 9.64 Å². The molecule has 1 aromatic heterocycles. The summed E-state index contributed by atoms with van der Waals surface area (Å²) in [6.45, 7) is 6.32. The predicted octanol–water partition coefficient (Wildman–Crippen LogP) is 4.34. The van der Waals surface area contributed by atoms with Crippen molar-refractivity contribution in [1.82, 2.24) is 9.80 Å². The molecule has 1 atom stereocenters. The summed E-state index contributed by atoms with van der Waals surface area (Å²) in [7, 11) is 0. The lowest BCUT2D eigenvalue weighted by atomic mass is 10.1. The molecule has 150 valence electrons. The molecule has 2 fully saturated rings. The standard InChI is InChI=1S/C23H30N2O2S/c1-18-8-10-19(11-9-18)23(26)25(20-5-2-3-6-20)16-21-15-24(12-13-27-21)17-22-7-4-14-28-22/h4,7-11,14,20-21H,2-3,5-6,12-13,15-17H2,1H3. The molecule has 1 saturated heterocycles. The van der Waals surface area contributed by atoms with E-state index in [1.165, 1.54) is 23.3 Å². The van der Waals surface area contributed by atoms with E-state index in [0.717, 1.165) is 44.6 Å². The molecule has 1 unspecified atom stereocenters. The highest BCUT2D eigenvalue weighted by Crippen LogP contribution is 2.26. The molecule has 2 heterocycles. The largest absolute Gasteiger partial charge is 0.374 e. The monoisotopic (exact) mass is 398 g/mol. The number of thiophene rings is 1. The van der Waals surface area contributed by atoms with Crippen molar-refractivity contribution < 1.29 is 9.53 Å². The van der Waals surface area contributed by atoms with E-state index in [1.54, 1.807) is 0 Å². The van der Waals surface area contributed by atoms with Crippen LogP contribution in [-0.4, -0.2) is 54.1 Å². The summed E-state index contributed by atoms with van der Waals surface area (Å²) in [6, 6.07) is 12.6. The van der Waals surface area contributed by atoms with E-state index in [9.17, 15) is 4.79 Å². The molecule has 28 heavy (non-hydrogen) atoms. The molecule has 4 nitrogen and oxygen atoms in total. The molecule has 0 N–H and O–H groups in total. The Hall–Kier alpha value is -1.69. The Labute approximate surface area is 172 Å². The molecule has 1 saturated carbocycles. The maximum Gasteiger partial charge on any atom is 0.254 e. The van der Waals surface area contributed by atoms with Gasteiger partial charge in [0.1, 0.15) is 0 Å². The third-order valence-electron chi connectivity index (χ3n) is 5.91. The highest BCUT2D eigenvalue weighted by molar-refractivity contribution is 7.09. The van der Waals surface area contributed by atoms with Gasteiger partial charge in [0.25, 0.3) is 5.91 Å². The summed E-state index contributed by atoms with van der Waals surface area (Å²) in [5.74, 6) is 0.158. The first-order valence-electron chi connectivity index (χ1n) is 10.4. The SMILES string of the molecule is Cc1ccc(C(=O)N(CC2CN(Cc3cccs3)CCO2)C2CCCC2)cc1. The number of carbonyl (C=O) groups excluding carboxylic acids is 1. The Morgan fingerprint density at radius 1 is 1.21 bits per heavy atom. The minimum Gasteiger partial charge on any atom is -0.374 e. The number of carbonyl (C=O) groups is 1. The van der Waals surface area contributed by atoms with Gasteiger partial charge in [-0.25, -0.2) is 0 Å². The lowest BCUT2D eigenvalue weighted by Gasteiger charge is -2.37. The lowest BCUT2D eigenvalue weighted by molar-refractivity contribution is -0.0466. The second-order valence-corrected chi connectivity index (χ2v) is 9.10. The van der Waals surface area contributed by atoms with Crippen LogP contribution in [0, 0.1) is 6.92 Å². The van der Waals surface area contributed by atoms with E-state index < -0.39 is 0 Å². The minimum absolute atomic E-state index is 0.0868. The van der Waals surface area contributed by atoms with Crippen molar-refractivity contribution in [3.05, 3.63) is 57.8 Å². The number of ether oxygens (including phenoxy) is 1. The van der Waals surface area contributed by atoms with Gasteiger partial charge in [0, 0.05) is 42.7 Å². The van der Waals surface area contributed by atoms with Crippen LogP contribution in [0.25, 0.3) is 0 Å². The van der Waals surface area contributed by atoms with Gasteiger partial charge in [0.15, 0.2) is 0 Å². The van der Waals surface area contributed by atoms with Gasteiger partial charge in [0.05, 0.1) is 12.7 Å². The average Bonchev–Trinajstić information content (AvgIpc) is 3.41. The second kappa shape index (κ2) is 9.21. The zero-order valence-corrected chi connectivity index (χ0v) is 17.5. The van der Waals surface area contributed by atoms with E-state index >= 15 is 0 Å². The Kier molecular flexibility index (Phi) is 6.45. The molecule has 2 aromatic rings. The Morgan fingerprint density at radius 2 is 2.00 bits per heavy atom. The molecule has 1 aliphatic heterocycles. The summed E-state index contributed by atoms with van der Waals surface area (Å²) in [5, 5.41) is 2.13. The van der Waals surface area contributed by atoms with E-state index in [0.29, 0.717) is 12.6 Å². The van der Waals surface area contributed by atoms with Crippen LogP contribution >= 0.6 is 11.3 Å². The molecule has 1 amide bonds. The van der Waals surface area contributed by atoms with Gasteiger partial charge in [0.2, 0.25) is 0 Å². The Morgan fingerprint density at radius 3 is 2.71 bits per heavy atom. The minimum atomic E-state index is 0.0868. The number of nitrogens with zero attached hydrogens (tertiary/aromatic N) is 2. The number of amides is 1. The van der Waals surface area contributed by atoms with Gasteiger partial charge in [-0.2, -0.15) is 0 Å². The lowest BCUT2D eigenvalue weighted by Crippen LogP contribution is -2.50. The Balaban J connectivity index is 1.44. The summed E-state index contributed by atoms with van der Waals surface area (Å²) in [6.07, 6.45) is 4.76. The average molecular weight is 399 g/mol. The Bertz CT molecular complexity index is 753. The third kappa shape index (κ3) is 4.83. The topological polar surface area (TPSA) is 32.8 Å². The van der Waals surface area contributed by atoms with E-state index in [2.05, 4.69) is 34.2 Å². The first-order valence-corrected chi connectivity index (χ1v) is 11.3. The van der Waals surface area contributed by atoms with E-state index in [1.807, 2.05) is 35.6 Å². The summed E-state index contributed by atoms with van der Waals surface area (Å²) in [5.41, 5.74) is 1.98.